The lowest BCUT2D eigenvalue weighted by atomic mass is 10.0. The van der Waals surface area contributed by atoms with Crippen molar-refractivity contribution in [3.63, 3.8) is 0 Å². The zero-order valence-electron chi connectivity index (χ0n) is 20.5. The number of ether oxygens (including phenoxy) is 1. The molecule has 2 aliphatic rings. The van der Waals surface area contributed by atoms with E-state index >= 15 is 0 Å². The van der Waals surface area contributed by atoms with Gasteiger partial charge in [-0.05, 0) is 30.5 Å². The van der Waals surface area contributed by atoms with Crippen molar-refractivity contribution in [1.82, 2.24) is 20.9 Å². The predicted octanol–water partition coefficient (Wildman–Crippen LogP) is 0.395. The largest absolute Gasteiger partial charge is 0.491 e. The van der Waals surface area contributed by atoms with E-state index in [1.807, 2.05) is 30.3 Å². The number of carbonyl (C=O) groups is 4. The number of benzene rings is 2. The highest BCUT2D eigenvalue weighted by Crippen LogP contribution is 2.21. The minimum absolute atomic E-state index is 0.107. The van der Waals surface area contributed by atoms with Crippen LogP contribution in [0.4, 0.5) is 0 Å². The minimum Gasteiger partial charge on any atom is -0.491 e. The molecule has 196 valence electrons. The SMILES string of the molecule is O=C1C[C@@H](C(=O)N2CCC[C@@H]2CO)NC(=O)c2ccccc2OCCNC(=O)[C@H](Cc2ccccc2)N1. The number of para-hydroxylation sites is 1. The lowest BCUT2D eigenvalue weighted by molar-refractivity contribution is -0.137. The second-order valence-electron chi connectivity index (χ2n) is 9.19. The molecule has 4 rings (SSSR count). The third-order valence-corrected chi connectivity index (χ3v) is 6.59. The van der Waals surface area contributed by atoms with Crippen molar-refractivity contribution in [1.29, 1.82) is 0 Å². The Bertz CT molecular complexity index is 1120. The summed E-state index contributed by atoms with van der Waals surface area (Å²) in [6.07, 6.45) is 1.26. The molecule has 2 aromatic carbocycles. The summed E-state index contributed by atoms with van der Waals surface area (Å²) in [6.45, 7) is 0.510. The van der Waals surface area contributed by atoms with E-state index < -0.39 is 29.8 Å². The van der Waals surface area contributed by atoms with E-state index in [2.05, 4.69) is 16.0 Å². The molecule has 2 aromatic rings. The van der Waals surface area contributed by atoms with Crippen LogP contribution in [0.3, 0.4) is 0 Å². The highest BCUT2D eigenvalue weighted by atomic mass is 16.5. The molecule has 0 radical (unpaired) electrons. The molecule has 0 aromatic heterocycles. The molecular formula is C27H32N4O6. The van der Waals surface area contributed by atoms with Gasteiger partial charge in [-0.3, -0.25) is 19.2 Å². The van der Waals surface area contributed by atoms with Gasteiger partial charge in [-0.15, -0.1) is 0 Å². The van der Waals surface area contributed by atoms with E-state index in [1.54, 1.807) is 24.3 Å². The Kier molecular flexibility index (Phi) is 8.73. The quantitative estimate of drug-likeness (QED) is 0.472. The lowest BCUT2D eigenvalue weighted by Crippen LogP contribution is -2.54. The van der Waals surface area contributed by atoms with E-state index in [1.165, 1.54) is 4.90 Å². The van der Waals surface area contributed by atoms with Gasteiger partial charge in [0.15, 0.2) is 0 Å². The second-order valence-corrected chi connectivity index (χ2v) is 9.19. The smallest absolute Gasteiger partial charge is 0.255 e. The molecule has 3 atom stereocenters. The summed E-state index contributed by atoms with van der Waals surface area (Å²) >= 11 is 0. The fraction of sp³-hybridized carbons (Fsp3) is 0.407. The average molecular weight is 509 g/mol. The molecule has 37 heavy (non-hydrogen) atoms. The number of likely N-dealkylation sites (tertiary alicyclic amines) is 1. The molecule has 2 aliphatic heterocycles. The third-order valence-electron chi connectivity index (χ3n) is 6.59. The van der Waals surface area contributed by atoms with Crippen LogP contribution in [0, 0.1) is 0 Å². The number of nitrogens with one attached hydrogen (secondary N) is 3. The number of nitrogens with zero attached hydrogens (tertiary/aromatic N) is 1. The second kappa shape index (κ2) is 12.4. The molecule has 0 unspecified atom stereocenters. The molecule has 1 fully saturated rings. The van der Waals surface area contributed by atoms with Crippen LogP contribution in [0.5, 0.6) is 5.75 Å². The van der Waals surface area contributed by atoms with Gasteiger partial charge < -0.3 is 30.7 Å². The first-order chi connectivity index (χ1) is 18.0. The van der Waals surface area contributed by atoms with Crippen molar-refractivity contribution >= 4 is 23.6 Å². The van der Waals surface area contributed by atoms with Crippen molar-refractivity contribution < 1.29 is 29.0 Å². The zero-order chi connectivity index (χ0) is 26.2. The molecule has 10 nitrogen and oxygen atoms in total. The van der Waals surface area contributed by atoms with Crippen molar-refractivity contribution in [2.75, 3.05) is 26.3 Å². The van der Waals surface area contributed by atoms with Gasteiger partial charge in [-0.25, -0.2) is 0 Å². The Hall–Kier alpha value is -3.92. The normalized spacial score (nSPS) is 23.1. The Balaban J connectivity index is 1.61. The number of hydrogen-bond donors (Lipinski definition) is 4. The van der Waals surface area contributed by atoms with Gasteiger partial charge in [0, 0.05) is 13.0 Å². The van der Waals surface area contributed by atoms with Gasteiger partial charge in [0.05, 0.1) is 31.2 Å². The van der Waals surface area contributed by atoms with Gasteiger partial charge in [0.1, 0.15) is 24.4 Å². The first-order valence-corrected chi connectivity index (χ1v) is 12.5. The summed E-state index contributed by atoms with van der Waals surface area (Å²) in [5.74, 6) is -1.62. The van der Waals surface area contributed by atoms with Crippen LogP contribution in [0.25, 0.3) is 0 Å². The standard InChI is InChI=1S/C27H32N4O6/c32-17-19-9-6-13-31(19)27(36)22-16-24(33)29-21(15-18-7-2-1-3-8-18)26(35)28-12-14-37-23-11-5-4-10-20(23)25(34)30-22/h1-5,7-8,10-11,19,21-22,32H,6,9,12-17H2,(H,28,35)(H,29,33)(H,30,34)/t19-,21+,22+/m1/s1. The Morgan fingerprint density at radius 3 is 2.57 bits per heavy atom. The van der Waals surface area contributed by atoms with Gasteiger partial charge in [0.25, 0.3) is 5.91 Å². The van der Waals surface area contributed by atoms with Crippen LogP contribution in [0.15, 0.2) is 54.6 Å². The molecule has 2 heterocycles. The van der Waals surface area contributed by atoms with Crippen LogP contribution < -0.4 is 20.7 Å². The maximum Gasteiger partial charge on any atom is 0.255 e. The Labute approximate surface area is 215 Å². The number of amides is 4. The lowest BCUT2D eigenvalue weighted by Gasteiger charge is -2.29. The van der Waals surface area contributed by atoms with E-state index in [4.69, 9.17) is 4.74 Å². The van der Waals surface area contributed by atoms with Crippen molar-refractivity contribution in [2.45, 2.75) is 43.8 Å². The topological polar surface area (TPSA) is 137 Å². The van der Waals surface area contributed by atoms with E-state index in [0.717, 1.165) is 12.0 Å². The van der Waals surface area contributed by atoms with Gasteiger partial charge in [-0.2, -0.15) is 0 Å². The van der Waals surface area contributed by atoms with E-state index in [9.17, 15) is 24.3 Å². The van der Waals surface area contributed by atoms with Crippen LogP contribution >= 0.6 is 0 Å². The zero-order valence-corrected chi connectivity index (χ0v) is 20.5. The highest BCUT2D eigenvalue weighted by molar-refractivity contribution is 6.01. The fourth-order valence-corrected chi connectivity index (χ4v) is 4.69. The monoisotopic (exact) mass is 508 g/mol. The molecule has 0 spiro atoms. The van der Waals surface area contributed by atoms with Crippen LogP contribution in [0.1, 0.15) is 35.2 Å². The van der Waals surface area contributed by atoms with Crippen LogP contribution in [0.2, 0.25) is 0 Å². The molecule has 4 N–H and O–H groups in total. The first kappa shape index (κ1) is 26.2. The van der Waals surface area contributed by atoms with Crippen molar-refractivity contribution in [3.8, 4) is 5.75 Å². The molecule has 4 amide bonds. The summed E-state index contributed by atoms with van der Waals surface area (Å²) in [5, 5.41) is 17.9. The van der Waals surface area contributed by atoms with Gasteiger partial charge in [-0.1, -0.05) is 42.5 Å². The maximum atomic E-state index is 13.5. The number of carbonyl (C=O) groups excluding carboxylic acids is 4. The summed E-state index contributed by atoms with van der Waals surface area (Å²) in [6, 6.07) is 13.4. The summed E-state index contributed by atoms with van der Waals surface area (Å²) < 4.78 is 5.76. The van der Waals surface area contributed by atoms with Crippen molar-refractivity contribution in [2.24, 2.45) is 0 Å². The van der Waals surface area contributed by atoms with E-state index in [-0.39, 0.29) is 50.1 Å². The fourth-order valence-electron chi connectivity index (χ4n) is 4.69. The maximum absolute atomic E-state index is 13.5. The molecule has 0 saturated carbocycles. The molecule has 0 bridgehead atoms. The minimum atomic E-state index is -1.18. The molecule has 10 heteroatoms. The first-order valence-electron chi connectivity index (χ1n) is 12.5. The summed E-state index contributed by atoms with van der Waals surface area (Å²) in [4.78, 5) is 54.3. The van der Waals surface area contributed by atoms with E-state index in [0.29, 0.717) is 18.7 Å². The number of fused-ring (bicyclic) bond motifs is 1. The predicted molar refractivity (Wildman–Crippen MR) is 135 cm³/mol. The molecular weight excluding hydrogens is 476 g/mol. The van der Waals surface area contributed by atoms with Gasteiger partial charge >= 0.3 is 0 Å². The average Bonchev–Trinajstić information content (AvgIpc) is 3.39. The number of aliphatic hydroxyl groups excluding tert-OH is 1. The number of hydrogen-bond acceptors (Lipinski definition) is 6. The molecule has 1 saturated heterocycles. The third kappa shape index (κ3) is 6.65. The number of rotatable bonds is 4. The number of aliphatic hydroxyl groups is 1. The summed E-state index contributed by atoms with van der Waals surface area (Å²) in [5.41, 5.74) is 1.07. The molecule has 0 aliphatic carbocycles. The van der Waals surface area contributed by atoms with Crippen molar-refractivity contribution in [3.05, 3.63) is 65.7 Å². The van der Waals surface area contributed by atoms with Crippen LogP contribution in [-0.4, -0.2) is 78.1 Å². The summed E-state index contributed by atoms with van der Waals surface area (Å²) in [7, 11) is 0. The van der Waals surface area contributed by atoms with Crippen LogP contribution in [-0.2, 0) is 20.8 Å². The highest BCUT2D eigenvalue weighted by Gasteiger charge is 2.36. The Morgan fingerprint density at radius 2 is 1.78 bits per heavy atom. The van der Waals surface area contributed by atoms with Gasteiger partial charge in [0.2, 0.25) is 17.7 Å². The Morgan fingerprint density at radius 1 is 1.03 bits per heavy atom.